The zero-order valence-corrected chi connectivity index (χ0v) is 8.61. The molecule has 0 N–H and O–H groups in total. The topological polar surface area (TPSA) is 64.3 Å². The van der Waals surface area contributed by atoms with Crippen molar-refractivity contribution in [3.05, 3.63) is 27.5 Å². The molecule has 0 spiro atoms. The van der Waals surface area contributed by atoms with E-state index >= 15 is 0 Å². The van der Waals surface area contributed by atoms with E-state index in [1.54, 1.807) is 10.8 Å². The molecule has 0 saturated carbocycles. The second-order valence-electron chi connectivity index (χ2n) is 3.64. The molecule has 74 valence electrons. The fourth-order valence-electron chi connectivity index (χ4n) is 1.46. The molecule has 0 fully saturated rings. The van der Waals surface area contributed by atoms with Crippen molar-refractivity contribution in [2.75, 3.05) is 0 Å². The molecule has 0 aromatic carbocycles. The van der Waals surface area contributed by atoms with Crippen LogP contribution in [0.15, 0.2) is 27.4 Å². The fourth-order valence-corrected chi connectivity index (χ4v) is 2.59. The van der Waals surface area contributed by atoms with E-state index < -0.39 is 6.17 Å². The molecule has 0 amide bonds. The van der Waals surface area contributed by atoms with Crippen molar-refractivity contribution in [3.63, 3.8) is 0 Å². The minimum absolute atomic E-state index is 0.286. The van der Waals surface area contributed by atoms with Gasteiger partial charge in [0.25, 0.3) is 5.56 Å². The van der Waals surface area contributed by atoms with Crippen molar-refractivity contribution >= 4 is 11.8 Å². The third-order valence-corrected chi connectivity index (χ3v) is 3.37. The van der Waals surface area contributed by atoms with Crippen LogP contribution in [0.25, 0.3) is 0 Å². The Morgan fingerprint density at radius 2 is 2.36 bits per heavy atom. The summed E-state index contributed by atoms with van der Waals surface area (Å²) < 4.78 is 1.30. The predicted molar refractivity (Wildman–Crippen MR) is 53.3 cm³/mol. The molecule has 1 aromatic rings. The molecular weight excluding hydrogens is 202 g/mol. The number of hydrogen-bond acceptors (Lipinski definition) is 5. The number of hydrogen-bond donors (Lipinski definition) is 0. The van der Waals surface area contributed by atoms with Crippen LogP contribution in [0, 0.1) is 4.91 Å². The standard InChI is InChI=1S/C8H9N3O2S/c1-8(2)6(10-13)11-4-3-5(12)9-7(11)14-8/h3-4,6H,1-2H3. The van der Waals surface area contributed by atoms with E-state index in [0.717, 1.165) is 0 Å². The Hall–Kier alpha value is -1.17. The lowest BCUT2D eigenvalue weighted by Crippen LogP contribution is -2.22. The van der Waals surface area contributed by atoms with E-state index in [2.05, 4.69) is 10.2 Å². The number of aromatic nitrogens is 2. The highest BCUT2D eigenvalue weighted by Gasteiger charge is 2.41. The first-order valence-electron chi connectivity index (χ1n) is 4.15. The van der Waals surface area contributed by atoms with Crippen LogP contribution in [0.1, 0.15) is 20.0 Å². The summed E-state index contributed by atoms with van der Waals surface area (Å²) in [6, 6.07) is 1.34. The van der Waals surface area contributed by atoms with Gasteiger partial charge in [0.2, 0.25) is 0 Å². The smallest absolute Gasteiger partial charge is 0.273 e. The van der Waals surface area contributed by atoms with Crippen molar-refractivity contribution in [1.82, 2.24) is 9.55 Å². The van der Waals surface area contributed by atoms with Gasteiger partial charge in [-0.1, -0.05) is 11.8 Å². The lowest BCUT2D eigenvalue weighted by atomic mass is 10.1. The monoisotopic (exact) mass is 211 g/mol. The van der Waals surface area contributed by atoms with Crippen LogP contribution < -0.4 is 5.56 Å². The Morgan fingerprint density at radius 3 is 3.00 bits per heavy atom. The van der Waals surface area contributed by atoms with Crippen LogP contribution in [0.2, 0.25) is 0 Å². The molecule has 1 aliphatic heterocycles. The maximum Gasteiger partial charge on any atom is 0.273 e. The lowest BCUT2D eigenvalue weighted by molar-refractivity contribution is 0.418. The van der Waals surface area contributed by atoms with E-state index in [4.69, 9.17) is 0 Å². The third kappa shape index (κ3) is 1.26. The summed E-state index contributed by atoms with van der Waals surface area (Å²) in [6.45, 7) is 3.81. The van der Waals surface area contributed by atoms with Crippen LogP contribution in [-0.2, 0) is 0 Å². The molecule has 2 heterocycles. The molecule has 14 heavy (non-hydrogen) atoms. The fraction of sp³-hybridized carbons (Fsp3) is 0.500. The molecular formula is C8H9N3O2S. The zero-order chi connectivity index (χ0) is 10.3. The SMILES string of the molecule is CC1(C)Sc2nc(=O)ccn2C1N=O. The largest absolute Gasteiger partial charge is 0.300 e. The summed E-state index contributed by atoms with van der Waals surface area (Å²) in [5.74, 6) is 0. The van der Waals surface area contributed by atoms with E-state index in [0.29, 0.717) is 5.16 Å². The Bertz CT molecular complexity index is 440. The van der Waals surface area contributed by atoms with Crippen molar-refractivity contribution in [2.24, 2.45) is 5.18 Å². The first-order chi connectivity index (χ1) is 6.54. The summed E-state index contributed by atoms with van der Waals surface area (Å²) >= 11 is 1.40. The first-order valence-corrected chi connectivity index (χ1v) is 4.97. The highest BCUT2D eigenvalue weighted by atomic mass is 32.2. The molecule has 6 heteroatoms. The summed E-state index contributed by atoms with van der Waals surface area (Å²) in [6.07, 6.45) is 1.08. The predicted octanol–water partition coefficient (Wildman–Crippen LogP) is 1.39. The van der Waals surface area contributed by atoms with Crippen molar-refractivity contribution < 1.29 is 0 Å². The Kier molecular flexibility index (Phi) is 1.95. The van der Waals surface area contributed by atoms with Gasteiger partial charge < -0.3 is 0 Å². The van der Waals surface area contributed by atoms with Gasteiger partial charge in [0.1, 0.15) is 0 Å². The molecule has 0 bridgehead atoms. The summed E-state index contributed by atoms with van der Waals surface area (Å²) in [4.78, 5) is 25.5. The molecule has 1 aliphatic rings. The van der Waals surface area contributed by atoms with E-state index in [9.17, 15) is 9.70 Å². The molecule has 1 aromatic heterocycles. The molecule has 0 radical (unpaired) electrons. The molecule has 0 aliphatic carbocycles. The van der Waals surface area contributed by atoms with Crippen LogP contribution in [-0.4, -0.2) is 14.3 Å². The minimum atomic E-state index is -0.490. The van der Waals surface area contributed by atoms with Gasteiger partial charge in [0.15, 0.2) is 11.3 Å². The maximum absolute atomic E-state index is 11.0. The van der Waals surface area contributed by atoms with Crippen LogP contribution in [0.4, 0.5) is 0 Å². The van der Waals surface area contributed by atoms with Crippen molar-refractivity contribution in [1.29, 1.82) is 0 Å². The number of thioether (sulfide) groups is 1. The lowest BCUT2D eigenvalue weighted by Gasteiger charge is -2.19. The number of nitrogens with zero attached hydrogens (tertiary/aromatic N) is 3. The minimum Gasteiger partial charge on any atom is -0.300 e. The second kappa shape index (κ2) is 2.91. The normalized spacial score (nSPS) is 23.1. The van der Waals surface area contributed by atoms with Crippen LogP contribution >= 0.6 is 11.8 Å². The van der Waals surface area contributed by atoms with E-state index in [1.165, 1.54) is 17.8 Å². The highest BCUT2D eigenvalue weighted by molar-refractivity contribution is 8.00. The Morgan fingerprint density at radius 1 is 1.64 bits per heavy atom. The molecule has 5 nitrogen and oxygen atoms in total. The second-order valence-corrected chi connectivity index (χ2v) is 5.26. The zero-order valence-electron chi connectivity index (χ0n) is 7.80. The van der Waals surface area contributed by atoms with E-state index in [1.807, 2.05) is 13.8 Å². The van der Waals surface area contributed by atoms with Crippen molar-refractivity contribution in [3.8, 4) is 0 Å². The van der Waals surface area contributed by atoms with Gasteiger partial charge in [-0.15, -0.1) is 4.91 Å². The average molecular weight is 211 g/mol. The quantitative estimate of drug-likeness (QED) is 0.520. The van der Waals surface area contributed by atoms with Crippen molar-refractivity contribution in [2.45, 2.75) is 29.9 Å². The molecule has 1 atom stereocenters. The van der Waals surface area contributed by atoms with Gasteiger partial charge in [0.05, 0.1) is 4.75 Å². The number of rotatable bonds is 1. The summed E-state index contributed by atoms with van der Waals surface area (Å²) in [5.41, 5.74) is -0.286. The first kappa shape index (κ1) is 9.39. The van der Waals surface area contributed by atoms with E-state index in [-0.39, 0.29) is 10.3 Å². The third-order valence-electron chi connectivity index (χ3n) is 2.14. The average Bonchev–Trinajstić information content (AvgIpc) is 2.33. The summed E-state index contributed by atoms with van der Waals surface area (Å²) in [7, 11) is 0. The summed E-state index contributed by atoms with van der Waals surface area (Å²) in [5, 5.41) is 3.62. The number of nitroso groups, excluding NO2 is 1. The van der Waals surface area contributed by atoms with Gasteiger partial charge in [-0.05, 0) is 19.0 Å². The molecule has 1 unspecified atom stereocenters. The van der Waals surface area contributed by atoms with Crippen LogP contribution in [0.5, 0.6) is 0 Å². The van der Waals surface area contributed by atoms with Crippen LogP contribution in [0.3, 0.4) is 0 Å². The molecule has 2 rings (SSSR count). The Labute approximate surface area is 84.5 Å². The van der Waals surface area contributed by atoms with Gasteiger partial charge >= 0.3 is 0 Å². The van der Waals surface area contributed by atoms with Gasteiger partial charge in [0, 0.05) is 12.3 Å². The maximum atomic E-state index is 11.0. The number of fused-ring (bicyclic) bond motifs is 1. The van der Waals surface area contributed by atoms with Gasteiger partial charge in [-0.2, -0.15) is 4.98 Å². The van der Waals surface area contributed by atoms with Gasteiger partial charge in [-0.25, -0.2) is 0 Å². The highest BCUT2D eigenvalue weighted by Crippen LogP contribution is 2.47. The molecule has 0 saturated heterocycles. The Balaban J connectivity index is 2.58. The van der Waals surface area contributed by atoms with Gasteiger partial charge in [-0.3, -0.25) is 9.36 Å².